The Hall–Kier alpha value is -0.260. The van der Waals surface area contributed by atoms with Crippen LogP contribution in [0.25, 0.3) is 0 Å². The molecule has 0 nitrogen and oxygen atoms in total. The fraction of sp³-hybridized carbons (Fsp3) is 0.846. The van der Waals surface area contributed by atoms with Gasteiger partial charge in [0, 0.05) is 0 Å². The molecule has 0 aromatic carbocycles. The lowest BCUT2D eigenvalue weighted by molar-refractivity contribution is 0.482. The zero-order valence-electron chi connectivity index (χ0n) is 18.3. The van der Waals surface area contributed by atoms with Crippen LogP contribution >= 0.6 is 0 Å². The van der Waals surface area contributed by atoms with Crippen molar-refractivity contribution in [2.75, 3.05) is 0 Å². The van der Waals surface area contributed by atoms with Crippen molar-refractivity contribution in [3.8, 4) is 0 Å². The summed E-state index contributed by atoms with van der Waals surface area (Å²) in [6, 6.07) is 0. The van der Waals surface area contributed by atoms with Gasteiger partial charge in [0.2, 0.25) is 0 Å². The van der Waals surface area contributed by atoms with Gasteiger partial charge in [0.15, 0.2) is 0 Å². The molecule has 0 rings (SSSR count). The van der Waals surface area contributed by atoms with E-state index in [0.29, 0.717) is 0 Å². The zero-order valence-corrected chi connectivity index (χ0v) is 18.3. The molecule has 0 amide bonds. The molecule has 154 valence electrons. The smallest absolute Gasteiger partial charge is 0.0325 e. The Bertz CT molecular complexity index is 265. The van der Waals surface area contributed by atoms with Gasteiger partial charge in [-0.1, -0.05) is 142 Å². The Morgan fingerprint density at radius 3 is 1.46 bits per heavy atom. The van der Waals surface area contributed by atoms with Crippen LogP contribution in [0.3, 0.4) is 0 Å². The lowest BCUT2D eigenvalue weighted by Crippen LogP contribution is -1.92. The van der Waals surface area contributed by atoms with Gasteiger partial charge in [-0.05, 0) is 25.2 Å². The molecule has 2 radical (unpaired) electrons. The van der Waals surface area contributed by atoms with Crippen LogP contribution in [-0.2, 0) is 0 Å². The largest absolute Gasteiger partial charge is 0.0885 e. The van der Waals surface area contributed by atoms with E-state index in [1.54, 1.807) is 0 Å². The molecule has 0 aromatic rings. The first-order chi connectivity index (χ1) is 12.8. The molecule has 1 unspecified atom stereocenters. The van der Waals surface area contributed by atoms with E-state index in [1.807, 2.05) is 0 Å². The standard InChI is InChI=1S/C26H50/c1-4-6-8-10-12-14-15-16-17-19-21-23-25-26(3)24-22-20-18-13-11-9-7-5-2/h20,22,26H,1-2,4-19,21,23-25H2,3H3/b22-20+. The Morgan fingerprint density at radius 2 is 0.962 bits per heavy atom. The normalized spacial score (nSPS) is 12.9. The number of allylic oxidation sites excluding steroid dienone is 2. The minimum atomic E-state index is 0.871. The summed E-state index contributed by atoms with van der Waals surface area (Å²) in [5.41, 5.74) is 0. The van der Waals surface area contributed by atoms with Gasteiger partial charge in [-0.3, -0.25) is 0 Å². The van der Waals surface area contributed by atoms with Crippen molar-refractivity contribution in [1.29, 1.82) is 0 Å². The van der Waals surface area contributed by atoms with Crippen LogP contribution in [0.15, 0.2) is 12.2 Å². The molecule has 0 heterocycles. The predicted molar refractivity (Wildman–Crippen MR) is 121 cm³/mol. The van der Waals surface area contributed by atoms with Gasteiger partial charge in [0.1, 0.15) is 0 Å². The molecule has 0 saturated heterocycles. The van der Waals surface area contributed by atoms with Gasteiger partial charge >= 0.3 is 0 Å². The Kier molecular flexibility index (Phi) is 22.6. The molecular formula is C26H50. The molecule has 26 heavy (non-hydrogen) atoms. The monoisotopic (exact) mass is 362 g/mol. The third-order valence-corrected chi connectivity index (χ3v) is 5.52. The van der Waals surface area contributed by atoms with Crippen LogP contribution < -0.4 is 0 Å². The molecule has 0 aliphatic rings. The van der Waals surface area contributed by atoms with E-state index in [1.165, 1.54) is 116 Å². The maximum Gasteiger partial charge on any atom is -0.0325 e. The van der Waals surface area contributed by atoms with Crippen molar-refractivity contribution in [2.45, 2.75) is 135 Å². The molecule has 0 aliphatic heterocycles. The van der Waals surface area contributed by atoms with E-state index in [9.17, 15) is 0 Å². The van der Waals surface area contributed by atoms with Gasteiger partial charge in [-0.15, -0.1) is 0 Å². The highest BCUT2D eigenvalue weighted by molar-refractivity contribution is 4.83. The van der Waals surface area contributed by atoms with Crippen LogP contribution in [0, 0.1) is 19.8 Å². The summed E-state index contributed by atoms with van der Waals surface area (Å²) < 4.78 is 0. The first-order valence-corrected chi connectivity index (χ1v) is 12.0. The first-order valence-electron chi connectivity index (χ1n) is 12.0. The molecule has 0 spiro atoms. The molecular weight excluding hydrogens is 312 g/mol. The number of unbranched alkanes of at least 4 members (excludes halogenated alkanes) is 16. The number of hydrogen-bond acceptors (Lipinski definition) is 0. The molecule has 0 N–H and O–H groups in total. The summed E-state index contributed by atoms with van der Waals surface area (Å²) >= 11 is 0. The quantitative estimate of drug-likeness (QED) is 0.141. The number of rotatable bonds is 21. The van der Waals surface area contributed by atoms with Crippen molar-refractivity contribution < 1.29 is 0 Å². The summed E-state index contributed by atoms with van der Waals surface area (Å²) in [6.45, 7) is 10.2. The van der Waals surface area contributed by atoms with E-state index in [-0.39, 0.29) is 0 Å². The predicted octanol–water partition coefficient (Wildman–Crippen LogP) is 9.65. The molecule has 0 aromatic heterocycles. The van der Waals surface area contributed by atoms with Gasteiger partial charge in [-0.25, -0.2) is 0 Å². The summed E-state index contributed by atoms with van der Waals surface area (Å²) in [5.74, 6) is 0.871. The van der Waals surface area contributed by atoms with Crippen LogP contribution in [0.1, 0.15) is 135 Å². The maximum absolute atomic E-state index is 3.91. The minimum Gasteiger partial charge on any atom is -0.0885 e. The third kappa shape index (κ3) is 21.8. The van der Waals surface area contributed by atoms with Gasteiger partial charge in [0.05, 0.1) is 0 Å². The fourth-order valence-electron chi connectivity index (χ4n) is 3.62. The second kappa shape index (κ2) is 22.8. The molecule has 0 bridgehead atoms. The Morgan fingerprint density at radius 1 is 0.538 bits per heavy atom. The zero-order chi connectivity index (χ0) is 19.1. The summed E-state index contributed by atoms with van der Waals surface area (Å²) in [5, 5.41) is 0. The molecule has 1 atom stereocenters. The van der Waals surface area contributed by atoms with Crippen molar-refractivity contribution in [3.05, 3.63) is 26.0 Å². The minimum absolute atomic E-state index is 0.871. The summed E-state index contributed by atoms with van der Waals surface area (Å²) in [6.07, 6.45) is 32.2. The van der Waals surface area contributed by atoms with E-state index in [0.717, 1.165) is 18.8 Å². The van der Waals surface area contributed by atoms with Gasteiger partial charge in [0.25, 0.3) is 0 Å². The first kappa shape index (κ1) is 25.7. The van der Waals surface area contributed by atoms with Crippen LogP contribution in [0.4, 0.5) is 0 Å². The van der Waals surface area contributed by atoms with E-state index in [2.05, 4.69) is 32.9 Å². The average Bonchev–Trinajstić information content (AvgIpc) is 2.65. The van der Waals surface area contributed by atoms with Crippen molar-refractivity contribution >= 4 is 0 Å². The molecule has 0 aliphatic carbocycles. The van der Waals surface area contributed by atoms with Crippen LogP contribution in [0.2, 0.25) is 0 Å². The topological polar surface area (TPSA) is 0 Å². The maximum atomic E-state index is 3.91. The van der Waals surface area contributed by atoms with Gasteiger partial charge in [-0.2, -0.15) is 0 Å². The third-order valence-electron chi connectivity index (χ3n) is 5.52. The molecule has 0 fully saturated rings. The Labute approximate surface area is 167 Å². The fourth-order valence-corrected chi connectivity index (χ4v) is 3.62. The highest BCUT2D eigenvalue weighted by Crippen LogP contribution is 2.16. The SMILES string of the molecule is [CH2]CCCCCC/C=C/CC(C)CCCCCCCCCCCCC[CH2]. The Balaban J connectivity index is 3.20. The second-order valence-electron chi connectivity index (χ2n) is 8.40. The number of hydrogen-bond donors (Lipinski definition) is 0. The van der Waals surface area contributed by atoms with Crippen molar-refractivity contribution in [2.24, 2.45) is 5.92 Å². The highest BCUT2D eigenvalue weighted by atomic mass is 14.1. The van der Waals surface area contributed by atoms with E-state index < -0.39 is 0 Å². The average molecular weight is 363 g/mol. The van der Waals surface area contributed by atoms with Crippen molar-refractivity contribution in [1.82, 2.24) is 0 Å². The lowest BCUT2D eigenvalue weighted by atomic mass is 9.98. The molecule has 0 heteroatoms. The summed E-state index contributed by atoms with van der Waals surface area (Å²) in [7, 11) is 0. The molecule has 0 saturated carbocycles. The van der Waals surface area contributed by atoms with Crippen LogP contribution in [0.5, 0.6) is 0 Å². The van der Waals surface area contributed by atoms with E-state index >= 15 is 0 Å². The van der Waals surface area contributed by atoms with E-state index in [4.69, 9.17) is 0 Å². The lowest BCUT2D eigenvalue weighted by Gasteiger charge is -2.08. The van der Waals surface area contributed by atoms with Crippen molar-refractivity contribution in [3.63, 3.8) is 0 Å². The second-order valence-corrected chi connectivity index (χ2v) is 8.40. The van der Waals surface area contributed by atoms with Gasteiger partial charge < -0.3 is 0 Å². The highest BCUT2D eigenvalue weighted by Gasteiger charge is 2.00. The van der Waals surface area contributed by atoms with Crippen LogP contribution in [-0.4, -0.2) is 0 Å². The summed E-state index contributed by atoms with van der Waals surface area (Å²) in [4.78, 5) is 0.